The molecule has 6 heavy (non-hydrogen) atoms. The van der Waals surface area contributed by atoms with Gasteiger partial charge >= 0.3 is 0 Å². The average Bonchev–Trinajstić information content (AvgIpc) is 1.35. The van der Waals surface area contributed by atoms with Crippen LogP contribution in [0.3, 0.4) is 0 Å². The Morgan fingerprint density at radius 2 is 2.33 bits per heavy atom. The second kappa shape index (κ2) is 2.57. The number of rotatable bonds is 1. The van der Waals surface area contributed by atoms with Gasteiger partial charge in [-0.3, -0.25) is 0 Å². The molecule has 0 rings (SSSR count). The fourth-order valence-electron chi connectivity index (χ4n) is 0.171. The quantitative estimate of drug-likeness (QED) is 0.485. The number of ether oxygens (including phenoxy) is 1. The highest BCUT2D eigenvalue weighted by Crippen LogP contribution is 1.80. The van der Waals surface area contributed by atoms with E-state index in [4.69, 9.17) is 5.11 Å². The molecule has 0 aromatic rings. The Labute approximate surface area is 37.1 Å². The Morgan fingerprint density at radius 3 is 2.33 bits per heavy atom. The molecule has 0 aliphatic carbocycles. The minimum atomic E-state index is 0.192. The van der Waals surface area contributed by atoms with Crippen molar-refractivity contribution in [1.82, 2.24) is 0 Å². The number of allylic oxidation sites excluding steroid dienone is 1. The van der Waals surface area contributed by atoms with E-state index >= 15 is 0 Å². The van der Waals surface area contributed by atoms with Crippen LogP contribution in [0.1, 0.15) is 6.92 Å². The zero-order valence-electron chi connectivity index (χ0n) is 3.93. The van der Waals surface area contributed by atoms with Crippen molar-refractivity contribution in [2.24, 2.45) is 0 Å². The van der Waals surface area contributed by atoms with E-state index in [2.05, 4.69) is 4.74 Å². The minimum absolute atomic E-state index is 0.192. The number of aliphatic hydroxyl groups excluding tert-OH is 1. The summed E-state index contributed by atoms with van der Waals surface area (Å²) in [6, 6.07) is 0. The molecule has 36 valence electrons. The van der Waals surface area contributed by atoms with Crippen molar-refractivity contribution in [2.75, 3.05) is 7.11 Å². The molecule has 0 atom stereocenters. The van der Waals surface area contributed by atoms with E-state index in [0.29, 0.717) is 0 Å². The molecule has 2 nitrogen and oxygen atoms in total. The number of methoxy groups -OCH3 is 1. The van der Waals surface area contributed by atoms with Gasteiger partial charge in [0.1, 0.15) is 12.0 Å². The van der Waals surface area contributed by atoms with Crippen LogP contribution in [0.15, 0.2) is 12.0 Å². The smallest absolute Gasteiger partial charge is 0.123 e. The molecule has 0 heterocycles. The Morgan fingerprint density at radius 1 is 1.83 bits per heavy atom. The van der Waals surface area contributed by atoms with E-state index < -0.39 is 0 Å². The fourth-order valence-corrected chi connectivity index (χ4v) is 0.171. The minimum Gasteiger partial charge on any atom is -0.509 e. The summed E-state index contributed by atoms with van der Waals surface area (Å²) in [5.41, 5.74) is 0. The first-order valence-corrected chi connectivity index (χ1v) is 1.66. The second-order valence-electron chi connectivity index (χ2n) is 0.995. The van der Waals surface area contributed by atoms with Gasteiger partial charge in [-0.05, 0) is 6.92 Å². The number of hydrogen-bond donors (Lipinski definition) is 1. The SMILES string of the molecule is CO/C=C(/C)O. The average molecular weight is 88.1 g/mol. The summed E-state index contributed by atoms with van der Waals surface area (Å²) in [5.74, 6) is 0.192. The van der Waals surface area contributed by atoms with Crippen LogP contribution in [-0.2, 0) is 4.74 Å². The van der Waals surface area contributed by atoms with Crippen LogP contribution in [0.25, 0.3) is 0 Å². The van der Waals surface area contributed by atoms with Gasteiger partial charge in [0.25, 0.3) is 0 Å². The third-order valence-corrected chi connectivity index (χ3v) is 0.288. The first kappa shape index (κ1) is 5.34. The van der Waals surface area contributed by atoms with E-state index in [0.717, 1.165) is 0 Å². The molecule has 1 N–H and O–H groups in total. The van der Waals surface area contributed by atoms with Crippen molar-refractivity contribution < 1.29 is 9.84 Å². The van der Waals surface area contributed by atoms with Crippen molar-refractivity contribution in [2.45, 2.75) is 6.92 Å². The molecule has 0 aliphatic heterocycles. The molecule has 0 amide bonds. The highest BCUT2D eigenvalue weighted by atomic mass is 16.5. The molecule has 0 saturated heterocycles. The van der Waals surface area contributed by atoms with Gasteiger partial charge in [-0.1, -0.05) is 0 Å². The zero-order chi connectivity index (χ0) is 4.99. The third-order valence-electron chi connectivity index (χ3n) is 0.288. The lowest BCUT2D eigenvalue weighted by Crippen LogP contribution is -1.70. The molecule has 0 bridgehead atoms. The van der Waals surface area contributed by atoms with Crippen LogP contribution in [0.2, 0.25) is 0 Å². The summed E-state index contributed by atoms with van der Waals surface area (Å²) in [4.78, 5) is 0. The molecular weight excluding hydrogens is 80.0 g/mol. The van der Waals surface area contributed by atoms with E-state index in [-0.39, 0.29) is 5.76 Å². The Bertz CT molecular complexity index is 52.6. The lowest BCUT2D eigenvalue weighted by atomic mass is 10.7. The Balaban J connectivity index is 3.14. The normalized spacial score (nSPS) is 11.3. The summed E-state index contributed by atoms with van der Waals surface area (Å²) < 4.78 is 4.39. The van der Waals surface area contributed by atoms with Crippen molar-refractivity contribution in [3.8, 4) is 0 Å². The predicted molar refractivity (Wildman–Crippen MR) is 23.4 cm³/mol. The predicted octanol–water partition coefficient (Wildman–Crippen LogP) is 1.05. The van der Waals surface area contributed by atoms with Crippen molar-refractivity contribution in [3.63, 3.8) is 0 Å². The second-order valence-corrected chi connectivity index (χ2v) is 0.995. The van der Waals surface area contributed by atoms with Gasteiger partial charge in [0.15, 0.2) is 0 Å². The van der Waals surface area contributed by atoms with Crippen molar-refractivity contribution in [3.05, 3.63) is 12.0 Å². The Hall–Kier alpha value is -0.660. The topological polar surface area (TPSA) is 29.5 Å². The molecule has 0 radical (unpaired) electrons. The summed E-state index contributed by atoms with van der Waals surface area (Å²) >= 11 is 0. The van der Waals surface area contributed by atoms with Gasteiger partial charge in [0.05, 0.1) is 7.11 Å². The zero-order valence-corrected chi connectivity index (χ0v) is 3.93. The highest BCUT2D eigenvalue weighted by molar-refractivity contribution is 4.75. The van der Waals surface area contributed by atoms with Crippen LogP contribution in [0, 0.1) is 0 Å². The molecule has 0 spiro atoms. The monoisotopic (exact) mass is 88.1 g/mol. The molecule has 0 fully saturated rings. The van der Waals surface area contributed by atoms with Gasteiger partial charge in [-0.15, -0.1) is 0 Å². The lowest BCUT2D eigenvalue weighted by Gasteiger charge is -1.84. The first-order valence-electron chi connectivity index (χ1n) is 1.66. The fraction of sp³-hybridized carbons (Fsp3) is 0.500. The van der Waals surface area contributed by atoms with Gasteiger partial charge in [-0.2, -0.15) is 0 Å². The van der Waals surface area contributed by atoms with E-state index in [1.165, 1.54) is 13.4 Å². The maximum absolute atomic E-state index is 8.29. The molecule has 0 saturated carbocycles. The van der Waals surface area contributed by atoms with Crippen molar-refractivity contribution >= 4 is 0 Å². The standard InChI is InChI=1S/C4H8O2/c1-4(5)3-6-2/h3,5H,1-2H3/b4-3-. The summed E-state index contributed by atoms with van der Waals surface area (Å²) in [6.45, 7) is 1.55. The maximum atomic E-state index is 8.29. The molecule has 0 unspecified atom stereocenters. The van der Waals surface area contributed by atoms with Crippen LogP contribution < -0.4 is 0 Å². The molecule has 2 heteroatoms. The highest BCUT2D eigenvalue weighted by Gasteiger charge is 1.70. The van der Waals surface area contributed by atoms with Gasteiger partial charge in [-0.25, -0.2) is 0 Å². The van der Waals surface area contributed by atoms with E-state index in [1.807, 2.05) is 0 Å². The van der Waals surface area contributed by atoms with Crippen LogP contribution in [0.4, 0.5) is 0 Å². The Kier molecular flexibility index (Phi) is 2.29. The molecular formula is C4H8O2. The summed E-state index contributed by atoms with van der Waals surface area (Å²) in [6.07, 6.45) is 1.26. The van der Waals surface area contributed by atoms with Crippen LogP contribution in [-0.4, -0.2) is 12.2 Å². The van der Waals surface area contributed by atoms with Gasteiger partial charge < -0.3 is 9.84 Å². The van der Waals surface area contributed by atoms with Crippen LogP contribution >= 0.6 is 0 Å². The molecule has 0 aliphatic rings. The van der Waals surface area contributed by atoms with Gasteiger partial charge in [0, 0.05) is 0 Å². The summed E-state index contributed by atoms with van der Waals surface area (Å²) in [5, 5.41) is 8.29. The third kappa shape index (κ3) is 3.34. The molecule has 0 aromatic carbocycles. The first-order chi connectivity index (χ1) is 2.77. The summed E-state index contributed by atoms with van der Waals surface area (Å²) in [7, 11) is 1.49. The lowest BCUT2D eigenvalue weighted by molar-refractivity contribution is 0.298. The maximum Gasteiger partial charge on any atom is 0.123 e. The number of hydrogen-bond acceptors (Lipinski definition) is 2. The molecule has 0 aromatic heterocycles. The van der Waals surface area contributed by atoms with Gasteiger partial charge in [0.2, 0.25) is 0 Å². The van der Waals surface area contributed by atoms with Crippen LogP contribution in [0.5, 0.6) is 0 Å². The van der Waals surface area contributed by atoms with E-state index in [1.54, 1.807) is 6.92 Å². The van der Waals surface area contributed by atoms with E-state index in [9.17, 15) is 0 Å². The van der Waals surface area contributed by atoms with Crippen molar-refractivity contribution in [1.29, 1.82) is 0 Å². The largest absolute Gasteiger partial charge is 0.509 e. The number of aliphatic hydroxyl groups is 1.